The minimum atomic E-state index is -4.85. The Hall–Kier alpha value is -6.00. The first-order valence-electron chi connectivity index (χ1n) is 21.3. The third-order valence-electron chi connectivity index (χ3n) is 12.1. The van der Waals surface area contributed by atoms with Crippen LogP contribution in [-0.4, -0.2) is 76.0 Å². The second-order valence-electron chi connectivity index (χ2n) is 17.2. The lowest BCUT2D eigenvalue weighted by atomic mass is 9.79. The number of hydrogen-bond acceptors (Lipinski definition) is 9. The topological polar surface area (TPSA) is 187 Å². The Balaban J connectivity index is 1.07. The lowest BCUT2D eigenvalue weighted by molar-refractivity contribution is -0.438. The van der Waals surface area contributed by atoms with Crippen LogP contribution in [-0.2, 0) is 35.9 Å². The quantitative estimate of drug-likeness (QED) is 0.0302. The van der Waals surface area contributed by atoms with Gasteiger partial charge in [0.15, 0.2) is 10.6 Å². The van der Waals surface area contributed by atoms with Gasteiger partial charge < -0.3 is 20.0 Å². The van der Waals surface area contributed by atoms with E-state index >= 15 is 0 Å². The summed E-state index contributed by atoms with van der Waals surface area (Å²) in [5, 5.41) is 24.7. The number of benzene rings is 4. The van der Waals surface area contributed by atoms with Crippen LogP contribution in [0.25, 0.3) is 21.5 Å². The summed E-state index contributed by atoms with van der Waals surface area (Å²) in [6.45, 7) is 10.1. The maximum atomic E-state index is 12.6. The standard InChI is InChI=1S/C49H53N3O10S2/c1-48(2)41(23-9-6-5-7-10-24-42-49(3,4)46-37-22-15-13-20-35(37)27-29-39(46)51(42)31-17-18-32-63(56,57)58)50(38-28-26-34-19-12-14-21-36(34)45(38)48)30-16-8-11-25-44(54)62-52-43(53)33-40(47(52)55)64(59,60)61/h5-7,9-10,12-15,19-24,26-29,33H,8,11,16-18,25,30-32H2,1-4H3,(H3-,53,55,56,57,58,59,60,61)/p+1. The normalized spacial score (nSPS) is 16.7. The van der Waals surface area contributed by atoms with Gasteiger partial charge in [0.25, 0.3) is 26.1 Å². The van der Waals surface area contributed by atoms with E-state index in [4.69, 9.17) is 4.84 Å². The Kier molecular flexibility index (Phi) is 13.1. The second-order valence-corrected chi connectivity index (χ2v) is 20.2. The smallest absolute Gasteiger partial charge is 0.333 e. The van der Waals surface area contributed by atoms with Gasteiger partial charge in [0.05, 0.1) is 11.2 Å². The number of nitrogens with zero attached hydrogens (tertiary/aromatic N) is 3. The van der Waals surface area contributed by atoms with Crippen LogP contribution in [0.4, 0.5) is 11.4 Å². The average Bonchev–Trinajstić information content (AvgIpc) is 3.74. The van der Waals surface area contributed by atoms with Crippen molar-refractivity contribution in [2.45, 2.75) is 81.9 Å². The fourth-order valence-corrected chi connectivity index (χ4v) is 10.3. The van der Waals surface area contributed by atoms with E-state index in [-0.39, 0.29) is 27.7 Å². The van der Waals surface area contributed by atoms with Gasteiger partial charge in [-0.3, -0.25) is 9.11 Å². The molecule has 0 amide bonds. The molecule has 0 radical (unpaired) electrons. The van der Waals surface area contributed by atoms with Crippen LogP contribution < -0.4 is 9.74 Å². The van der Waals surface area contributed by atoms with Gasteiger partial charge in [-0.2, -0.15) is 21.4 Å². The van der Waals surface area contributed by atoms with Gasteiger partial charge in [0.1, 0.15) is 6.54 Å². The fraction of sp³-hybridized carbons (Fsp3) is 0.306. The van der Waals surface area contributed by atoms with Crippen molar-refractivity contribution in [3.8, 4) is 11.8 Å². The van der Waals surface area contributed by atoms with Crippen LogP contribution in [0.2, 0.25) is 0 Å². The first kappa shape index (κ1) is 46.0. The molecule has 0 fully saturated rings. The summed E-state index contributed by atoms with van der Waals surface area (Å²) in [6.07, 6.45) is 17.0. The first-order chi connectivity index (χ1) is 30.3. The molecule has 0 bridgehead atoms. The minimum Gasteiger partial charge on any atom is -0.492 e. The number of rotatable bonds is 17. The van der Waals surface area contributed by atoms with E-state index in [0.717, 1.165) is 40.0 Å². The summed E-state index contributed by atoms with van der Waals surface area (Å²) >= 11 is 0. The van der Waals surface area contributed by atoms with Crippen molar-refractivity contribution in [3.63, 3.8) is 0 Å². The van der Waals surface area contributed by atoms with Gasteiger partial charge in [0, 0.05) is 60.0 Å². The second kappa shape index (κ2) is 18.2. The van der Waals surface area contributed by atoms with Gasteiger partial charge >= 0.3 is 5.97 Å². The molecule has 0 atom stereocenters. The molecule has 0 spiro atoms. The first-order valence-corrected chi connectivity index (χ1v) is 24.3. The SMILES string of the molecule is CC1(C)C(/C=C/C=C/C=C/C=C2/N(CCCCS(=O)(=O)O)c3ccc4ccccc4c3C2(C)C)=[N+](CCCCCC(=O)On2c(O)cc(S(=O)(=O)O)c2O)c2ccc3ccccc3c21. The molecule has 15 heteroatoms. The molecule has 2 aliphatic rings. The van der Waals surface area contributed by atoms with E-state index in [1.807, 2.05) is 54.6 Å². The Morgan fingerprint density at radius 2 is 1.38 bits per heavy atom. The highest BCUT2D eigenvalue weighted by Crippen LogP contribution is 2.51. The lowest BCUT2D eigenvalue weighted by Gasteiger charge is -2.27. The van der Waals surface area contributed by atoms with Crippen LogP contribution >= 0.6 is 0 Å². The Morgan fingerprint density at radius 1 is 0.734 bits per heavy atom. The summed E-state index contributed by atoms with van der Waals surface area (Å²) in [5.74, 6) is -3.04. The van der Waals surface area contributed by atoms with Gasteiger partial charge in [-0.25, -0.2) is 4.79 Å². The van der Waals surface area contributed by atoms with Crippen molar-refractivity contribution in [3.05, 3.63) is 138 Å². The van der Waals surface area contributed by atoms with Gasteiger partial charge in [0.2, 0.25) is 11.6 Å². The molecule has 0 aliphatic carbocycles. The van der Waals surface area contributed by atoms with E-state index < -0.39 is 42.9 Å². The van der Waals surface area contributed by atoms with Crippen molar-refractivity contribution in [1.29, 1.82) is 0 Å². The van der Waals surface area contributed by atoms with Gasteiger partial charge in [-0.05, 0) is 84.8 Å². The number of aromatic hydroxyl groups is 2. The Morgan fingerprint density at radius 3 is 2.05 bits per heavy atom. The number of carbonyl (C=O) groups is 1. The molecule has 5 aromatic rings. The molecule has 0 saturated carbocycles. The van der Waals surface area contributed by atoms with E-state index in [1.165, 1.54) is 21.9 Å². The largest absolute Gasteiger partial charge is 0.492 e. The highest BCUT2D eigenvalue weighted by molar-refractivity contribution is 7.86. The number of anilines is 1. The number of hydrogen-bond donors (Lipinski definition) is 4. The molecule has 64 heavy (non-hydrogen) atoms. The van der Waals surface area contributed by atoms with Crippen molar-refractivity contribution in [2.24, 2.45) is 0 Å². The summed E-state index contributed by atoms with van der Waals surface area (Å²) < 4.78 is 66.9. The summed E-state index contributed by atoms with van der Waals surface area (Å²) in [5.41, 5.74) is 6.20. The molecule has 336 valence electrons. The molecular weight excluding hydrogens is 855 g/mol. The zero-order valence-electron chi connectivity index (χ0n) is 36.3. The predicted octanol–water partition coefficient (Wildman–Crippen LogP) is 9.06. The summed E-state index contributed by atoms with van der Waals surface area (Å²) in [4.78, 5) is 18.8. The van der Waals surface area contributed by atoms with E-state index in [9.17, 15) is 40.9 Å². The van der Waals surface area contributed by atoms with E-state index in [1.54, 1.807) is 0 Å². The summed E-state index contributed by atoms with van der Waals surface area (Å²) in [6, 6.07) is 25.8. The minimum absolute atomic E-state index is 0.0626. The highest BCUT2D eigenvalue weighted by Gasteiger charge is 2.45. The highest BCUT2D eigenvalue weighted by atomic mass is 32.2. The van der Waals surface area contributed by atoms with E-state index in [2.05, 4.69) is 97.9 Å². The molecular formula is C49H54N3O10S2+. The van der Waals surface area contributed by atoms with Crippen LogP contribution in [0.5, 0.6) is 11.8 Å². The molecule has 0 saturated heterocycles. The number of unbranched alkanes of at least 4 members (excludes halogenated alkanes) is 3. The van der Waals surface area contributed by atoms with Crippen LogP contribution in [0, 0.1) is 0 Å². The number of carbonyl (C=O) groups excluding carboxylic acids is 1. The number of fused-ring (bicyclic) bond motifs is 6. The average molecular weight is 909 g/mol. The van der Waals surface area contributed by atoms with Gasteiger partial charge in [-0.1, -0.05) is 98.8 Å². The third kappa shape index (κ3) is 9.43. The molecule has 2 aliphatic heterocycles. The van der Waals surface area contributed by atoms with Crippen molar-refractivity contribution in [2.75, 3.05) is 23.7 Å². The molecule has 1 aromatic heterocycles. The fourth-order valence-electron chi connectivity index (χ4n) is 9.19. The monoisotopic (exact) mass is 908 g/mol. The zero-order chi connectivity index (χ0) is 46.0. The Bertz CT molecular complexity index is 3010. The number of aromatic nitrogens is 1. The molecule has 4 N–H and O–H groups in total. The Labute approximate surface area is 374 Å². The van der Waals surface area contributed by atoms with Crippen LogP contribution in [0.15, 0.2) is 132 Å². The molecule has 13 nitrogen and oxygen atoms in total. The lowest BCUT2D eigenvalue weighted by Crippen LogP contribution is -2.28. The maximum absolute atomic E-state index is 12.6. The van der Waals surface area contributed by atoms with Crippen molar-refractivity contribution < 1.29 is 50.4 Å². The molecule has 0 unspecified atom stereocenters. The summed E-state index contributed by atoms with van der Waals surface area (Å²) in [7, 11) is -8.89. The van der Waals surface area contributed by atoms with Crippen molar-refractivity contribution in [1.82, 2.24) is 4.73 Å². The van der Waals surface area contributed by atoms with Crippen LogP contribution in [0.3, 0.4) is 0 Å². The molecule has 3 heterocycles. The predicted molar refractivity (Wildman–Crippen MR) is 250 cm³/mol. The van der Waals surface area contributed by atoms with E-state index in [0.29, 0.717) is 44.8 Å². The van der Waals surface area contributed by atoms with Crippen LogP contribution in [0.1, 0.15) is 77.3 Å². The molecule has 7 rings (SSSR count). The number of allylic oxidation sites excluding steroid dienone is 8. The third-order valence-corrected chi connectivity index (χ3v) is 13.8. The van der Waals surface area contributed by atoms with Gasteiger partial charge in [-0.15, -0.1) is 4.73 Å². The zero-order valence-corrected chi connectivity index (χ0v) is 37.9. The maximum Gasteiger partial charge on any atom is 0.333 e. The molecule has 4 aromatic carbocycles. The van der Waals surface area contributed by atoms with Crippen molar-refractivity contribution >= 4 is 64.8 Å².